The molecular formula is C31H34O15. The van der Waals surface area contributed by atoms with Gasteiger partial charge < -0.3 is 47.0 Å². The van der Waals surface area contributed by atoms with Gasteiger partial charge >= 0.3 is 23.9 Å². The molecule has 1 saturated heterocycles. The van der Waals surface area contributed by atoms with Crippen LogP contribution in [-0.2, 0) is 42.9 Å². The first-order chi connectivity index (χ1) is 21.8. The van der Waals surface area contributed by atoms with Crippen LogP contribution in [-0.4, -0.2) is 83.3 Å². The highest BCUT2D eigenvalue weighted by molar-refractivity contribution is 5.96. The smallest absolute Gasteiger partial charge is 0.303 e. The monoisotopic (exact) mass is 646 g/mol. The molecule has 1 aliphatic heterocycles. The van der Waals surface area contributed by atoms with E-state index >= 15 is 0 Å². The molecule has 0 bridgehead atoms. The maximum Gasteiger partial charge on any atom is 0.303 e. The number of hydrogen-bond acceptors (Lipinski definition) is 15. The number of hydrogen-bond donors (Lipinski definition) is 0. The van der Waals surface area contributed by atoms with Crippen LogP contribution >= 0.6 is 0 Å². The molecule has 5 atom stereocenters. The van der Waals surface area contributed by atoms with Crippen molar-refractivity contribution in [1.29, 1.82) is 0 Å². The lowest BCUT2D eigenvalue weighted by molar-refractivity contribution is -0.254. The van der Waals surface area contributed by atoms with Gasteiger partial charge in [-0.1, -0.05) is 0 Å². The van der Waals surface area contributed by atoms with Crippen molar-refractivity contribution in [3.63, 3.8) is 0 Å². The highest BCUT2D eigenvalue weighted by atomic mass is 16.7. The van der Waals surface area contributed by atoms with E-state index in [-0.39, 0.29) is 44.8 Å². The van der Waals surface area contributed by atoms with Crippen LogP contribution in [0, 0.1) is 0 Å². The third kappa shape index (κ3) is 6.63. The van der Waals surface area contributed by atoms with Crippen LogP contribution in [0.15, 0.2) is 27.4 Å². The SMILES string of the molecule is COc1cc2oc3cc(OC)c([C@@H]4O[C@H](COC(C)=O)[C@@H](OC(C)=O)[C@H](OC(C)=O)[C@H]4OC(C)=O)c(OC)c3c(=O)c2cc1OC. The minimum Gasteiger partial charge on any atom is -0.496 e. The molecule has 0 unspecified atom stereocenters. The first-order valence-corrected chi connectivity index (χ1v) is 13.9. The van der Waals surface area contributed by atoms with Gasteiger partial charge in [-0.05, 0) is 6.07 Å². The molecule has 0 aliphatic carbocycles. The molecule has 1 fully saturated rings. The first-order valence-electron chi connectivity index (χ1n) is 13.9. The van der Waals surface area contributed by atoms with Crippen molar-refractivity contribution in [1.82, 2.24) is 0 Å². The Hall–Kier alpha value is -5.05. The lowest BCUT2D eigenvalue weighted by atomic mass is 9.88. The Bertz CT molecular complexity index is 1720. The molecule has 0 N–H and O–H groups in total. The normalized spacial score (nSPS) is 20.8. The number of benzene rings is 2. The lowest BCUT2D eigenvalue weighted by Gasteiger charge is -2.45. The van der Waals surface area contributed by atoms with E-state index in [1.807, 2.05) is 0 Å². The van der Waals surface area contributed by atoms with E-state index < -0.39 is 66.4 Å². The molecule has 3 aromatic rings. The topological polar surface area (TPSA) is 182 Å². The predicted octanol–water partition coefficient (Wildman–Crippen LogP) is 2.78. The Morgan fingerprint density at radius 3 is 1.76 bits per heavy atom. The van der Waals surface area contributed by atoms with E-state index in [9.17, 15) is 24.0 Å². The van der Waals surface area contributed by atoms with Crippen molar-refractivity contribution in [2.75, 3.05) is 35.0 Å². The maximum atomic E-state index is 14.1. The van der Waals surface area contributed by atoms with Crippen LogP contribution in [0.4, 0.5) is 0 Å². The fraction of sp³-hybridized carbons (Fsp3) is 0.452. The number of esters is 4. The Labute approximate surface area is 262 Å². The van der Waals surface area contributed by atoms with Crippen molar-refractivity contribution >= 4 is 45.8 Å². The van der Waals surface area contributed by atoms with Gasteiger partial charge in [0.15, 0.2) is 29.8 Å². The van der Waals surface area contributed by atoms with E-state index in [1.54, 1.807) is 0 Å². The maximum absolute atomic E-state index is 14.1. The minimum atomic E-state index is -1.49. The molecule has 1 aromatic heterocycles. The van der Waals surface area contributed by atoms with Gasteiger partial charge in [0.2, 0.25) is 5.43 Å². The second kappa shape index (κ2) is 13.9. The van der Waals surface area contributed by atoms with E-state index in [4.69, 9.17) is 47.0 Å². The summed E-state index contributed by atoms with van der Waals surface area (Å²) in [5, 5.41) is 0.0898. The summed E-state index contributed by atoms with van der Waals surface area (Å²) < 4.78 is 56.5. The van der Waals surface area contributed by atoms with Crippen molar-refractivity contribution in [2.24, 2.45) is 0 Å². The van der Waals surface area contributed by atoms with Gasteiger partial charge in [0.05, 0.1) is 39.4 Å². The molecule has 0 spiro atoms. The summed E-state index contributed by atoms with van der Waals surface area (Å²) in [7, 11) is 5.48. The van der Waals surface area contributed by atoms with Crippen LogP contribution in [0.25, 0.3) is 21.9 Å². The summed E-state index contributed by atoms with van der Waals surface area (Å²) in [5.74, 6) is -2.49. The minimum absolute atomic E-state index is 0.0362. The fourth-order valence-corrected chi connectivity index (χ4v) is 5.41. The molecule has 1 aliphatic rings. The summed E-state index contributed by atoms with van der Waals surface area (Å²) in [4.78, 5) is 62.8. The van der Waals surface area contributed by atoms with Crippen LogP contribution in [0.5, 0.6) is 23.0 Å². The summed E-state index contributed by atoms with van der Waals surface area (Å²) in [6, 6.07) is 4.37. The van der Waals surface area contributed by atoms with Crippen molar-refractivity contribution in [2.45, 2.75) is 58.2 Å². The average Bonchev–Trinajstić information content (AvgIpc) is 3.00. The summed E-state index contributed by atoms with van der Waals surface area (Å²) in [6.45, 7) is 4.05. The van der Waals surface area contributed by atoms with Gasteiger partial charge in [0.25, 0.3) is 0 Å². The molecule has 15 heteroatoms. The van der Waals surface area contributed by atoms with Crippen molar-refractivity contribution in [3.8, 4) is 23.0 Å². The second-order valence-electron chi connectivity index (χ2n) is 10.2. The number of methoxy groups -OCH3 is 4. The standard InChI is InChI=1S/C31H34O15/c1-13(32)41-12-23-27(42-14(2)33)30(43-15(3)34)31(44-16(4)35)29(46-23)25-21(39-7)11-22-24(28(25)40-8)26(36)17-9-19(37-5)20(38-6)10-18(17)45-22/h9-11,23,27,29-31H,12H2,1-8H3/t23-,27-,29+,30+,31+/m1/s1. The van der Waals surface area contributed by atoms with Gasteiger partial charge in [-0.2, -0.15) is 0 Å². The molecule has 0 radical (unpaired) electrons. The third-order valence-electron chi connectivity index (χ3n) is 7.12. The molecule has 2 aromatic carbocycles. The first kappa shape index (κ1) is 33.8. The highest BCUT2D eigenvalue weighted by Gasteiger charge is 2.54. The van der Waals surface area contributed by atoms with Crippen molar-refractivity contribution in [3.05, 3.63) is 34.0 Å². The summed E-state index contributed by atoms with van der Waals surface area (Å²) in [6.07, 6.45) is -7.02. The molecule has 4 rings (SSSR count). The Morgan fingerprint density at radius 1 is 0.674 bits per heavy atom. The molecule has 2 heterocycles. The highest BCUT2D eigenvalue weighted by Crippen LogP contribution is 2.48. The number of carbonyl (C=O) groups excluding carboxylic acids is 4. The summed E-state index contributed by atoms with van der Waals surface area (Å²) >= 11 is 0. The quantitative estimate of drug-likeness (QED) is 0.178. The number of carbonyl (C=O) groups is 4. The van der Waals surface area contributed by atoms with Gasteiger partial charge in [-0.3, -0.25) is 24.0 Å². The molecule has 248 valence electrons. The van der Waals surface area contributed by atoms with Gasteiger partial charge in [-0.15, -0.1) is 0 Å². The molecule has 0 amide bonds. The van der Waals surface area contributed by atoms with E-state index in [1.165, 1.54) is 46.6 Å². The Kier molecular flexibility index (Phi) is 10.2. The number of rotatable bonds is 10. The van der Waals surface area contributed by atoms with Crippen LogP contribution < -0.4 is 24.4 Å². The van der Waals surface area contributed by atoms with Crippen molar-refractivity contribution < 1.29 is 66.2 Å². The zero-order chi connectivity index (χ0) is 33.9. The molecular weight excluding hydrogens is 612 g/mol. The van der Waals surface area contributed by atoms with E-state index in [0.29, 0.717) is 5.75 Å². The molecule has 0 saturated carbocycles. The molecule has 46 heavy (non-hydrogen) atoms. The fourth-order valence-electron chi connectivity index (χ4n) is 5.41. The average molecular weight is 647 g/mol. The van der Waals surface area contributed by atoms with Crippen LogP contribution in [0.1, 0.15) is 39.4 Å². The van der Waals surface area contributed by atoms with Gasteiger partial charge in [-0.25, -0.2) is 0 Å². The zero-order valence-corrected chi connectivity index (χ0v) is 26.4. The number of ether oxygens (including phenoxy) is 9. The van der Waals surface area contributed by atoms with Gasteiger partial charge in [0, 0.05) is 39.8 Å². The second-order valence-corrected chi connectivity index (χ2v) is 10.2. The Morgan fingerprint density at radius 2 is 1.22 bits per heavy atom. The largest absolute Gasteiger partial charge is 0.496 e. The van der Waals surface area contributed by atoms with E-state index in [0.717, 1.165) is 27.7 Å². The lowest BCUT2D eigenvalue weighted by Crippen LogP contribution is -2.59. The van der Waals surface area contributed by atoms with Crippen LogP contribution in [0.2, 0.25) is 0 Å². The van der Waals surface area contributed by atoms with Gasteiger partial charge in [0.1, 0.15) is 46.9 Å². The molecule has 15 nitrogen and oxygen atoms in total. The van der Waals surface area contributed by atoms with E-state index in [2.05, 4.69) is 0 Å². The number of fused-ring (bicyclic) bond motifs is 2. The Balaban J connectivity index is 2.05. The zero-order valence-electron chi connectivity index (χ0n) is 26.4. The van der Waals surface area contributed by atoms with Crippen LogP contribution in [0.3, 0.4) is 0 Å². The summed E-state index contributed by atoms with van der Waals surface area (Å²) in [5.41, 5.74) is -0.224. The predicted molar refractivity (Wildman–Crippen MR) is 157 cm³/mol. The third-order valence-corrected chi connectivity index (χ3v) is 7.12.